The summed E-state index contributed by atoms with van der Waals surface area (Å²) in [5, 5.41) is 0. The minimum Gasteiger partial charge on any atom is -0.336 e. The normalized spacial score (nSPS) is 32.5. The fourth-order valence-electron chi connectivity index (χ4n) is 5.72. The van der Waals surface area contributed by atoms with Gasteiger partial charge in [0.1, 0.15) is 11.3 Å². The van der Waals surface area contributed by atoms with Crippen molar-refractivity contribution in [3.8, 4) is 0 Å². The summed E-state index contributed by atoms with van der Waals surface area (Å²) in [6.45, 7) is 5.10. The number of hydrogen-bond acceptors (Lipinski definition) is 3. The molecule has 2 heterocycles. The summed E-state index contributed by atoms with van der Waals surface area (Å²) in [7, 11) is 0. The number of imidazole rings is 1. The van der Waals surface area contributed by atoms with Crippen LogP contribution in [0.3, 0.4) is 0 Å². The Morgan fingerprint density at radius 3 is 2.44 bits per heavy atom. The van der Waals surface area contributed by atoms with E-state index in [-0.39, 0.29) is 11.2 Å². The second-order valence-corrected chi connectivity index (χ2v) is 8.28. The molecule has 25 heavy (non-hydrogen) atoms. The van der Waals surface area contributed by atoms with Gasteiger partial charge in [0.2, 0.25) is 0 Å². The van der Waals surface area contributed by atoms with Crippen LogP contribution in [0.5, 0.6) is 0 Å². The number of nitrogens with one attached hydrogen (secondary N) is 1. The van der Waals surface area contributed by atoms with E-state index in [1.807, 2.05) is 13.8 Å². The van der Waals surface area contributed by atoms with E-state index in [0.717, 1.165) is 42.3 Å². The lowest BCUT2D eigenvalue weighted by Crippen LogP contribution is -2.40. The Kier molecular flexibility index (Phi) is 3.28. The Morgan fingerprint density at radius 1 is 1.00 bits per heavy atom. The molecule has 5 rings (SSSR count). The van der Waals surface area contributed by atoms with Gasteiger partial charge in [-0.2, -0.15) is 0 Å². The highest BCUT2D eigenvalue weighted by Crippen LogP contribution is 2.69. The van der Waals surface area contributed by atoms with Gasteiger partial charge in [0.25, 0.3) is 5.56 Å². The highest BCUT2D eigenvalue weighted by Gasteiger charge is 2.61. The van der Waals surface area contributed by atoms with Crippen molar-refractivity contribution in [2.75, 3.05) is 0 Å². The maximum absolute atomic E-state index is 12.8. The fourth-order valence-corrected chi connectivity index (χ4v) is 5.72. The summed E-state index contributed by atoms with van der Waals surface area (Å²) in [5.41, 5.74) is 0.663. The highest BCUT2D eigenvalue weighted by atomic mass is 16.2. The van der Waals surface area contributed by atoms with E-state index in [0.29, 0.717) is 30.2 Å². The molecule has 0 aliphatic heterocycles. The summed E-state index contributed by atoms with van der Waals surface area (Å²) in [4.78, 5) is 33.8. The number of hydrogen-bond donors (Lipinski definition) is 1. The summed E-state index contributed by atoms with van der Waals surface area (Å²) in [5.74, 6) is 4.87. The monoisotopic (exact) mass is 342 g/mol. The molecule has 3 fully saturated rings. The van der Waals surface area contributed by atoms with E-state index >= 15 is 0 Å². The first kappa shape index (κ1) is 15.4. The molecule has 1 N–H and O–H groups in total. The smallest absolute Gasteiger partial charge is 0.332 e. The number of aromatic amines is 1. The zero-order valence-electron chi connectivity index (χ0n) is 15.0. The summed E-state index contributed by atoms with van der Waals surface area (Å²) >= 11 is 0. The number of aromatic nitrogens is 4. The minimum absolute atomic E-state index is 0.208. The van der Waals surface area contributed by atoms with E-state index < -0.39 is 0 Å². The van der Waals surface area contributed by atoms with Crippen molar-refractivity contribution < 1.29 is 0 Å². The molecule has 3 aliphatic rings. The predicted octanol–water partition coefficient (Wildman–Crippen LogP) is 2.47. The van der Waals surface area contributed by atoms with E-state index in [1.54, 1.807) is 4.57 Å². The standard InChI is InChI=1S/C19H26N4O2/c1-3-5-22-17-15(18(24)23(6-4-2)19(22)25)20-16(21-17)14-8-10-7-12(14)13-9-11(10)13/h10-14H,3-9H2,1-2H3,(H,20,21). The summed E-state index contributed by atoms with van der Waals surface area (Å²) in [6.07, 6.45) is 5.55. The lowest BCUT2D eigenvalue weighted by Gasteiger charge is -2.18. The summed E-state index contributed by atoms with van der Waals surface area (Å²) in [6, 6.07) is 0. The van der Waals surface area contributed by atoms with Crippen molar-refractivity contribution in [1.82, 2.24) is 19.1 Å². The molecule has 2 aromatic rings. The van der Waals surface area contributed by atoms with Crippen LogP contribution < -0.4 is 11.2 Å². The van der Waals surface area contributed by atoms with Crippen molar-refractivity contribution in [1.29, 1.82) is 0 Å². The van der Waals surface area contributed by atoms with Gasteiger partial charge in [-0.15, -0.1) is 0 Å². The van der Waals surface area contributed by atoms with Gasteiger partial charge < -0.3 is 4.98 Å². The largest absolute Gasteiger partial charge is 0.336 e. The van der Waals surface area contributed by atoms with Crippen LogP contribution in [0.25, 0.3) is 11.2 Å². The number of fused-ring (bicyclic) bond motifs is 6. The number of nitrogens with zero attached hydrogens (tertiary/aromatic N) is 3. The Hall–Kier alpha value is -1.85. The van der Waals surface area contributed by atoms with E-state index in [1.165, 1.54) is 23.8 Å². The molecule has 6 nitrogen and oxygen atoms in total. The van der Waals surface area contributed by atoms with Crippen LogP contribution in [-0.2, 0) is 13.1 Å². The van der Waals surface area contributed by atoms with Gasteiger partial charge in [0.05, 0.1) is 0 Å². The fraction of sp³-hybridized carbons (Fsp3) is 0.737. The van der Waals surface area contributed by atoms with Gasteiger partial charge in [-0.1, -0.05) is 13.8 Å². The van der Waals surface area contributed by atoms with Crippen LogP contribution in [0.1, 0.15) is 57.7 Å². The molecular formula is C19H26N4O2. The maximum Gasteiger partial charge on any atom is 0.332 e. The van der Waals surface area contributed by atoms with Crippen LogP contribution in [-0.4, -0.2) is 19.1 Å². The molecule has 2 aromatic heterocycles. The first-order valence-electron chi connectivity index (χ1n) is 9.87. The molecule has 3 saturated carbocycles. The average molecular weight is 342 g/mol. The second kappa shape index (κ2) is 5.32. The van der Waals surface area contributed by atoms with Crippen molar-refractivity contribution in [3.05, 3.63) is 26.7 Å². The van der Waals surface area contributed by atoms with Gasteiger partial charge in [-0.25, -0.2) is 9.78 Å². The molecule has 5 unspecified atom stereocenters. The van der Waals surface area contributed by atoms with Crippen LogP contribution in [0, 0.1) is 23.7 Å². The van der Waals surface area contributed by atoms with Crippen LogP contribution in [0.4, 0.5) is 0 Å². The molecule has 3 aliphatic carbocycles. The van der Waals surface area contributed by atoms with Crippen LogP contribution in [0.2, 0.25) is 0 Å². The highest BCUT2D eigenvalue weighted by molar-refractivity contribution is 5.70. The van der Waals surface area contributed by atoms with E-state index in [4.69, 9.17) is 4.98 Å². The van der Waals surface area contributed by atoms with Gasteiger partial charge in [0, 0.05) is 19.0 Å². The maximum atomic E-state index is 12.8. The lowest BCUT2D eigenvalue weighted by atomic mass is 9.88. The Balaban J connectivity index is 1.65. The summed E-state index contributed by atoms with van der Waals surface area (Å²) < 4.78 is 3.07. The topological polar surface area (TPSA) is 72.7 Å². The van der Waals surface area contributed by atoms with Gasteiger partial charge in [-0.3, -0.25) is 13.9 Å². The molecule has 0 amide bonds. The van der Waals surface area contributed by atoms with Crippen molar-refractivity contribution >= 4 is 11.2 Å². The molecule has 5 atom stereocenters. The SMILES string of the molecule is CCCn1c(=O)c2[nH]c(C3CC4CC3C3CC43)nc2n(CCC)c1=O. The van der Waals surface area contributed by atoms with Crippen molar-refractivity contribution in [3.63, 3.8) is 0 Å². The quantitative estimate of drug-likeness (QED) is 0.907. The van der Waals surface area contributed by atoms with Crippen molar-refractivity contribution in [2.24, 2.45) is 23.7 Å². The zero-order valence-corrected chi connectivity index (χ0v) is 15.0. The first-order chi connectivity index (χ1) is 12.1. The second-order valence-electron chi connectivity index (χ2n) is 8.28. The van der Waals surface area contributed by atoms with E-state index in [2.05, 4.69) is 4.98 Å². The number of rotatable bonds is 5. The average Bonchev–Trinajstić information content (AvgIpc) is 2.99. The predicted molar refractivity (Wildman–Crippen MR) is 95.7 cm³/mol. The van der Waals surface area contributed by atoms with Gasteiger partial charge in [-0.05, 0) is 55.8 Å². The molecule has 0 saturated heterocycles. The third kappa shape index (κ3) is 2.06. The number of aryl methyl sites for hydroxylation is 1. The Labute approximate surface area is 146 Å². The molecule has 0 spiro atoms. The zero-order chi connectivity index (χ0) is 17.3. The molecular weight excluding hydrogens is 316 g/mol. The molecule has 0 aromatic carbocycles. The third-order valence-corrected chi connectivity index (χ3v) is 6.82. The van der Waals surface area contributed by atoms with Gasteiger partial charge >= 0.3 is 5.69 Å². The van der Waals surface area contributed by atoms with Crippen LogP contribution in [0.15, 0.2) is 9.59 Å². The number of H-pyrrole nitrogens is 1. The van der Waals surface area contributed by atoms with Gasteiger partial charge in [0.15, 0.2) is 5.65 Å². The molecule has 0 radical (unpaired) electrons. The molecule has 6 heteroatoms. The molecule has 2 bridgehead atoms. The minimum atomic E-state index is -0.213. The lowest BCUT2D eigenvalue weighted by molar-refractivity contribution is 0.388. The third-order valence-electron chi connectivity index (χ3n) is 6.82. The Bertz CT molecular complexity index is 953. The Morgan fingerprint density at radius 2 is 1.76 bits per heavy atom. The van der Waals surface area contributed by atoms with Crippen molar-refractivity contribution in [2.45, 2.75) is 65.0 Å². The van der Waals surface area contributed by atoms with Crippen LogP contribution >= 0.6 is 0 Å². The van der Waals surface area contributed by atoms with E-state index in [9.17, 15) is 9.59 Å². The molecule has 134 valence electrons. The first-order valence-corrected chi connectivity index (χ1v) is 9.87.